The third kappa shape index (κ3) is 4.15. The number of urea groups is 1. The maximum atomic E-state index is 13.3. The number of amides is 2. The highest BCUT2D eigenvalue weighted by Gasteiger charge is 2.46. The van der Waals surface area contributed by atoms with E-state index in [9.17, 15) is 27.2 Å². The molecule has 2 rings (SSSR count). The summed E-state index contributed by atoms with van der Waals surface area (Å²) in [5.41, 5.74) is -1.63. The minimum Gasteiger partial charge on any atom is -0.481 e. The van der Waals surface area contributed by atoms with E-state index in [1.807, 2.05) is 5.32 Å². The molecular formula is C15H15ClF4N2O3. The molecule has 0 radical (unpaired) electrons. The Labute approximate surface area is 145 Å². The average molecular weight is 383 g/mol. The van der Waals surface area contributed by atoms with E-state index >= 15 is 0 Å². The van der Waals surface area contributed by atoms with Gasteiger partial charge in [0.15, 0.2) is 6.04 Å². The number of nitrogens with zero attached hydrogens (tertiary/aromatic N) is 1. The fourth-order valence-corrected chi connectivity index (χ4v) is 2.76. The molecule has 25 heavy (non-hydrogen) atoms. The van der Waals surface area contributed by atoms with Gasteiger partial charge in [0.2, 0.25) is 0 Å². The highest BCUT2D eigenvalue weighted by Crippen LogP contribution is 2.35. The predicted octanol–water partition coefficient (Wildman–Crippen LogP) is 3.59. The van der Waals surface area contributed by atoms with E-state index in [-0.39, 0.29) is 19.5 Å². The maximum Gasteiger partial charge on any atom is 0.412 e. The lowest BCUT2D eigenvalue weighted by molar-refractivity contribution is -0.155. The second-order valence-corrected chi connectivity index (χ2v) is 6.54. The molecular weight excluding hydrogens is 368 g/mol. The maximum absolute atomic E-state index is 13.3. The molecule has 1 aromatic rings. The van der Waals surface area contributed by atoms with Crippen LogP contribution >= 0.6 is 11.6 Å². The number of nitrogens with one attached hydrogen (secondary N) is 1. The Morgan fingerprint density at radius 1 is 1.40 bits per heavy atom. The Morgan fingerprint density at radius 2 is 2.04 bits per heavy atom. The molecule has 2 N–H and O–H groups in total. The number of carbonyl (C=O) groups is 2. The molecule has 1 saturated heterocycles. The zero-order chi connectivity index (χ0) is 19.0. The highest BCUT2D eigenvalue weighted by atomic mass is 35.5. The molecule has 1 aliphatic heterocycles. The Hall–Kier alpha value is -2.03. The minimum atomic E-state index is -4.84. The summed E-state index contributed by atoms with van der Waals surface area (Å²) in [5, 5.41) is 10.5. The van der Waals surface area contributed by atoms with Crippen LogP contribution in [0.15, 0.2) is 18.2 Å². The monoisotopic (exact) mass is 382 g/mol. The zero-order valence-electron chi connectivity index (χ0n) is 13.0. The van der Waals surface area contributed by atoms with Crippen LogP contribution in [0.1, 0.15) is 24.9 Å². The first-order chi connectivity index (χ1) is 11.4. The van der Waals surface area contributed by atoms with Gasteiger partial charge in [0, 0.05) is 13.1 Å². The van der Waals surface area contributed by atoms with Crippen LogP contribution < -0.4 is 5.32 Å². The van der Waals surface area contributed by atoms with Crippen molar-refractivity contribution in [3.05, 3.63) is 34.6 Å². The van der Waals surface area contributed by atoms with Crippen LogP contribution in [0.5, 0.6) is 0 Å². The van der Waals surface area contributed by atoms with Crippen molar-refractivity contribution in [1.82, 2.24) is 10.2 Å². The minimum absolute atomic E-state index is 0.0172. The largest absolute Gasteiger partial charge is 0.481 e. The number of carbonyl (C=O) groups excluding carboxylic acids is 1. The second kappa shape index (κ2) is 6.70. The van der Waals surface area contributed by atoms with Crippen LogP contribution in [-0.2, 0) is 4.79 Å². The fourth-order valence-electron chi connectivity index (χ4n) is 2.57. The average Bonchev–Trinajstić information content (AvgIpc) is 2.90. The van der Waals surface area contributed by atoms with Gasteiger partial charge in [0.1, 0.15) is 5.82 Å². The molecule has 10 heteroatoms. The molecule has 0 aliphatic carbocycles. The van der Waals surface area contributed by atoms with Crippen LogP contribution in [0, 0.1) is 11.2 Å². The molecule has 0 aromatic heterocycles. The highest BCUT2D eigenvalue weighted by molar-refractivity contribution is 6.30. The number of aliphatic carboxylic acids is 1. The van der Waals surface area contributed by atoms with Crippen molar-refractivity contribution < 1.29 is 32.3 Å². The van der Waals surface area contributed by atoms with Crippen LogP contribution in [0.4, 0.5) is 22.4 Å². The molecule has 1 aliphatic rings. The summed E-state index contributed by atoms with van der Waals surface area (Å²) >= 11 is 5.51. The van der Waals surface area contributed by atoms with E-state index < -0.39 is 46.0 Å². The van der Waals surface area contributed by atoms with Crippen molar-refractivity contribution in [1.29, 1.82) is 0 Å². The normalized spacial score (nSPS) is 21.9. The third-order valence-electron chi connectivity index (χ3n) is 4.15. The van der Waals surface area contributed by atoms with Crippen molar-refractivity contribution in [3.8, 4) is 0 Å². The molecule has 2 amide bonds. The summed E-state index contributed by atoms with van der Waals surface area (Å²) in [6.45, 7) is 1.23. The Balaban J connectivity index is 2.19. The Morgan fingerprint density at radius 3 is 2.52 bits per heavy atom. The molecule has 2 unspecified atom stereocenters. The van der Waals surface area contributed by atoms with Crippen molar-refractivity contribution >= 4 is 23.6 Å². The number of rotatable bonds is 3. The van der Waals surface area contributed by atoms with Crippen LogP contribution in [0.3, 0.4) is 0 Å². The number of hydrogen-bond donors (Lipinski definition) is 2. The first kappa shape index (κ1) is 19.3. The zero-order valence-corrected chi connectivity index (χ0v) is 13.8. The molecule has 138 valence electrons. The van der Waals surface area contributed by atoms with Crippen molar-refractivity contribution in [2.45, 2.75) is 25.6 Å². The topological polar surface area (TPSA) is 69.6 Å². The van der Waals surface area contributed by atoms with Crippen molar-refractivity contribution in [2.24, 2.45) is 5.41 Å². The first-order valence-corrected chi connectivity index (χ1v) is 7.62. The number of halogens is 5. The van der Waals surface area contributed by atoms with E-state index in [2.05, 4.69) is 0 Å². The molecule has 0 bridgehead atoms. The number of hydrogen-bond acceptors (Lipinski definition) is 2. The summed E-state index contributed by atoms with van der Waals surface area (Å²) in [4.78, 5) is 24.3. The van der Waals surface area contributed by atoms with Crippen LogP contribution in [0.2, 0.25) is 5.02 Å². The number of carboxylic acid groups (broad SMARTS) is 1. The molecule has 5 nitrogen and oxygen atoms in total. The summed E-state index contributed by atoms with van der Waals surface area (Å²) in [7, 11) is 0. The van der Waals surface area contributed by atoms with Gasteiger partial charge >= 0.3 is 18.2 Å². The lowest BCUT2D eigenvalue weighted by atomic mass is 9.90. The molecule has 2 atom stereocenters. The summed E-state index contributed by atoms with van der Waals surface area (Å²) in [5.74, 6) is -2.00. The van der Waals surface area contributed by atoms with Gasteiger partial charge in [-0.2, -0.15) is 13.2 Å². The van der Waals surface area contributed by atoms with Gasteiger partial charge in [-0.25, -0.2) is 9.18 Å². The second-order valence-electron chi connectivity index (χ2n) is 6.14. The van der Waals surface area contributed by atoms with Gasteiger partial charge in [-0.15, -0.1) is 0 Å². The number of likely N-dealkylation sites (tertiary alicyclic amines) is 1. The quantitative estimate of drug-likeness (QED) is 0.785. The van der Waals surface area contributed by atoms with Crippen molar-refractivity contribution in [2.75, 3.05) is 13.1 Å². The van der Waals surface area contributed by atoms with Gasteiger partial charge < -0.3 is 15.3 Å². The van der Waals surface area contributed by atoms with Crippen LogP contribution in [-0.4, -0.2) is 41.3 Å². The molecule has 1 fully saturated rings. The van der Waals surface area contributed by atoms with Gasteiger partial charge in [0.05, 0.1) is 10.4 Å². The number of carboxylic acids is 1. The molecule has 0 spiro atoms. The van der Waals surface area contributed by atoms with Crippen LogP contribution in [0.25, 0.3) is 0 Å². The summed E-state index contributed by atoms with van der Waals surface area (Å²) in [6, 6.07) is -0.992. The van der Waals surface area contributed by atoms with Gasteiger partial charge in [-0.1, -0.05) is 17.7 Å². The van der Waals surface area contributed by atoms with Gasteiger partial charge in [-0.3, -0.25) is 4.79 Å². The molecule has 1 heterocycles. The number of benzene rings is 1. The molecule has 1 aromatic carbocycles. The lowest BCUT2D eigenvalue weighted by Gasteiger charge is -2.26. The fraction of sp³-hybridized carbons (Fsp3) is 0.467. The van der Waals surface area contributed by atoms with E-state index in [1.165, 1.54) is 6.92 Å². The Bertz CT molecular complexity index is 698. The summed E-state index contributed by atoms with van der Waals surface area (Å²) in [6.07, 6.45) is -4.71. The van der Waals surface area contributed by atoms with E-state index in [4.69, 9.17) is 16.7 Å². The van der Waals surface area contributed by atoms with E-state index in [0.29, 0.717) is 0 Å². The Kier molecular flexibility index (Phi) is 5.17. The van der Waals surface area contributed by atoms with E-state index in [0.717, 1.165) is 23.1 Å². The third-order valence-corrected chi connectivity index (χ3v) is 4.44. The summed E-state index contributed by atoms with van der Waals surface area (Å²) < 4.78 is 53.1. The van der Waals surface area contributed by atoms with Gasteiger partial charge in [0.25, 0.3) is 0 Å². The SMILES string of the molecule is CC1(C(=O)O)CCN(C(=O)NC(c2ccc(F)c(Cl)c2)C(F)(F)F)C1. The van der Waals surface area contributed by atoms with Crippen molar-refractivity contribution in [3.63, 3.8) is 0 Å². The number of alkyl halides is 3. The standard InChI is InChI=1S/C15H15ClF4N2O3/c1-14(12(23)24)4-5-22(7-14)13(25)21-11(15(18,19)20)8-2-3-10(17)9(16)6-8/h2-3,6,11H,4-5,7H2,1H3,(H,21,25)(H,23,24). The molecule has 0 saturated carbocycles. The predicted molar refractivity (Wildman–Crippen MR) is 80.7 cm³/mol. The smallest absolute Gasteiger partial charge is 0.412 e. The first-order valence-electron chi connectivity index (χ1n) is 7.24. The van der Waals surface area contributed by atoms with E-state index in [1.54, 1.807) is 0 Å². The van der Waals surface area contributed by atoms with Gasteiger partial charge in [-0.05, 0) is 31.0 Å². The lowest BCUT2D eigenvalue weighted by Crippen LogP contribution is -2.46.